The number of hydrogen-bond donors (Lipinski definition) is 1. The van der Waals surface area contributed by atoms with Gasteiger partial charge in [-0.25, -0.2) is 19.2 Å². The zero-order valence-corrected chi connectivity index (χ0v) is 24.5. The molecule has 0 unspecified atom stereocenters. The smallest absolute Gasteiger partial charge is 0.345 e. The molecule has 0 aliphatic heterocycles. The van der Waals surface area contributed by atoms with E-state index in [0.717, 1.165) is 26.2 Å². The largest absolute Gasteiger partial charge is 0.497 e. The number of aromatic nitrogens is 2. The van der Waals surface area contributed by atoms with Crippen molar-refractivity contribution in [2.24, 2.45) is 0 Å². The molecule has 41 heavy (non-hydrogen) atoms. The van der Waals surface area contributed by atoms with Crippen LogP contribution in [0.2, 0.25) is 0 Å². The topological polar surface area (TPSA) is 90.8 Å². The number of ether oxygens (including phenoxy) is 3. The van der Waals surface area contributed by atoms with Gasteiger partial charge in [-0.2, -0.15) is 0 Å². The van der Waals surface area contributed by atoms with Gasteiger partial charge in [0.05, 0.1) is 12.5 Å². The van der Waals surface area contributed by atoms with Gasteiger partial charge < -0.3 is 19.3 Å². The number of fused-ring (bicyclic) bond motifs is 1. The molecule has 1 atom stereocenters. The van der Waals surface area contributed by atoms with Crippen molar-refractivity contribution in [2.45, 2.75) is 32.0 Å². The van der Waals surface area contributed by atoms with E-state index in [-0.39, 0.29) is 18.1 Å². The van der Waals surface area contributed by atoms with Crippen molar-refractivity contribution in [1.29, 1.82) is 0 Å². The third-order valence-corrected chi connectivity index (χ3v) is 8.75. The van der Waals surface area contributed by atoms with Gasteiger partial charge >= 0.3 is 5.97 Å². The lowest BCUT2D eigenvalue weighted by molar-refractivity contribution is -0.145. The number of carboxylic acids is 1. The third kappa shape index (κ3) is 7.01. The first-order valence-corrected chi connectivity index (χ1v) is 14.4. The predicted octanol–water partition coefficient (Wildman–Crippen LogP) is 7.04. The number of hydrogen-bond acceptors (Lipinski definition) is 7. The number of carboxylic acid groups (broad SMARTS) is 1. The molecule has 0 aliphatic carbocycles. The maximum atomic E-state index is 13.6. The minimum absolute atomic E-state index is 0.0633. The van der Waals surface area contributed by atoms with Crippen molar-refractivity contribution in [3.05, 3.63) is 111 Å². The number of para-hydroxylation sites is 1. The molecule has 0 amide bonds. The van der Waals surface area contributed by atoms with E-state index >= 15 is 0 Å². The average Bonchev–Trinajstić information content (AvgIpc) is 3.31. The lowest BCUT2D eigenvalue weighted by atomic mass is 10.1. The van der Waals surface area contributed by atoms with Crippen LogP contribution in [0.25, 0.3) is 10.2 Å². The molecule has 210 valence electrons. The van der Waals surface area contributed by atoms with Crippen LogP contribution in [0.3, 0.4) is 0 Å². The van der Waals surface area contributed by atoms with Gasteiger partial charge in [0.2, 0.25) is 12.0 Å². The molecule has 5 aromatic rings. The summed E-state index contributed by atoms with van der Waals surface area (Å²) >= 11 is 5.11. The van der Waals surface area contributed by atoms with Gasteiger partial charge in [0.15, 0.2) is 0 Å². The lowest BCUT2D eigenvalue weighted by Gasteiger charge is -2.17. The molecule has 0 aliphatic rings. The van der Waals surface area contributed by atoms with Crippen molar-refractivity contribution in [3.8, 4) is 17.4 Å². The van der Waals surface area contributed by atoms with Gasteiger partial charge in [0.1, 0.15) is 35.1 Å². The molecule has 0 bridgehead atoms. The molecule has 1 N–H and O–H groups in total. The van der Waals surface area contributed by atoms with Crippen LogP contribution < -0.4 is 14.2 Å². The average molecular weight is 638 g/mol. The Labute approximate surface area is 248 Å². The van der Waals surface area contributed by atoms with Crippen LogP contribution in [0.1, 0.15) is 21.6 Å². The molecule has 0 saturated heterocycles. The summed E-state index contributed by atoms with van der Waals surface area (Å²) in [5.41, 5.74) is 2.53. The van der Waals surface area contributed by atoms with E-state index in [9.17, 15) is 14.3 Å². The van der Waals surface area contributed by atoms with Crippen molar-refractivity contribution in [2.75, 3.05) is 7.11 Å². The Kier molecular flexibility index (Phi) is 9.11. The Bertz CT molecular complexity index is 1660. The summed E-state index contributed by atoms with van der Waals surface area (Å²) in [5, 5.41) is 10.7. The second kappa shape index (κ2) is 13.1. The van der Waals surface area contributed by atoms with Gasteiger partial charge in [-0.1, -0.05) is 42.5 Å². The summed E-state index contributed by atoms with van der Waals surface area (Å²) < 4.78 is 31.6. The summed E-state index contributed by atoms with van der Waals surface area (Å²) in [6.45, 7) is 0.312. The van der Waals surface area contributed by atoms with Crippen LogP contribution in [0.4, 0.5) is 4.39 Å². The molecule has 2 aromatic heterocycles. The quantitative estimate of drug-likeness (QED) is 0.157. The SMILES string of the molecule is COc1ccc(COc2ccccc2C[C@@H](Oc2ncnc3sc(CCc4cccc(F)c4)c(Br)c23)C(=O)O)cc1. The van der Waals surface area contributed by atoms with Gasteiger partial charge in [0, 0.05) is 15.8 Å². The molecule has 0 saturated carbocycles. The number of nitrogens with zero attached hydrogens (tertiary/aromatic N) is 2. The van der Waals surface area contributed by atoms with E-state index < -0.39 is 12.1 Å². The zero-order chi connectivity index (χ0) is 28.8. The highest BCUT2D eigenvalue weighted by Gasteiger charge is 2.25. The summed E-state index contributed by atoms with van der Waals surface area (Å²) in [6, 6.07) is 21.4. The highest BCUT2D eigenvalue weighted by Crippen LogP contribution is 2.40. The number of aliphatic carboxylic acids is 1. The van der Waals surface area contributed by atoms with Crippen LogP contribution in [0.5, 0.6) is 17.4 Å². The van der Waals surface area contributed by atoms with Crippen LogP contribution in [0.15, 0.2) is 83.6 Å². The van der Waals surface area contributed by atoms with Gasteiger partial charge in [-0.3, -0.25) is 0 Å². The number of aryl methyl sites for hydroxylation is 2. The van der Waals surface area contributed by atoms with Crippen molar-refractivity contribution < 1.29 is 28.5 Å². The lowest BCUT2D eigenvalue weighted by Crippen LogP contribution is -2.30. The monoisotopic (exact) mass is 636 g/mol. The van der Waals surface area contributed by atoms with Crippen molar-refractivity contribution in [3.63, 3.8) is 0 Å². The minimum atomic E-state index is -1.22. The number of methoxy groups -OCH3 is 1. The first kappa shape index (κ1) is 28.5. The zero-order valence-electron chi connectivity index (χ0n) is 22.1. The fourth-order valence-electron chi connectivity index (χ4n) is 4.33. The standard InChI is InChI=1S/C31H26BrFN2O5S/c1-38-23-12-9-20(10-13-23)17-39-24-8-3-2-6-21(24)16-25(31(36)37)40-29-27-28(32)26(41-30(27)35-18-34-29)14-11-19-5-4-7-22(33)15-19/h2-10,12-13,15,18,25H,11,14,16-17H2,1H3,(H,36,37)/t25-/m1/s1. The first-order chi connectivity index (χ1) is 19.9. The molecule has 5 rings (SSSR count). The van der Waals surface area contributed by atoms with E-state index in [0.29, 0.717) is 41.0 Å². The number of rotatable bonds is 12. The summed E-state index contributed by atoms with van der Waals surface area (Å²) in [6.07, 6.45) is 1.49. The van der Waals surface area contributed by atoms with E-state index in [1.165, 1.54) is 29.8 Å². The highest BCUT2D eigenvalue weighted by atomic mass is 79.9. The maximum Gasteiger partial charge on any atom is 0.345 e. The van der Waals surface area contributed by atoms with E-state index in [1.807, 2.05) is 48.5 Å². The summed E-state index contributed by atoms with van der Waals surface area (Å²) in [4.78, 5) is 22.6. The summed E-state index contributed by atoms with van der Waals surface area (Å²) in [7, 11) is 1.61. The van der Waals surface area contributed by atoms with Crippen LogP contribution in [-0.4, -0.2) is 34.3 Å². The van der Waals surface area contributed by atoms with Gasteiger partial charge in [0.25, 0.3) is 0 Å². The molecule has 0 fully saturated rings. The Hall–Kier alpha value is -4.02. The van der Waals surface area contributed by atoms with E-state index in [4.69, 9.17) is 14.2 Å². The molecule has 10 heteroatoms. The van der Waals surface area contributed by atoms with Gasteiger partial charge in [-0.05, 0) is 75.8 Å². The third-order valence-electron chi connectivity index (χ3n) is 6.45. The van der Waals surface area contributed by atoms with E-state index in [2.05, 4.69) is 25.9 Å². The Morgan fingerprint density at radius 2 is 1.83 bits per heavy atom. The number of halogens is 2. The molecule has 7 nitrogen and oxygen atoms in total. The fourth-order valence-corrected chi connectivity index (χ4v) is 6.28. The van der Waals surface area contributed by atoms with Gasteiger partial charge in [-0.15, -0.1) is 11.3 Å². The van der Waals surface area contributed by atoms with Crippen LogP contribution >= 0.6 is 27.3 Å². The molecule has 0 radical (unpaired) electrons. The van der Waals surface area contributed by atoms with Crippen molar-refractivity contribution >= 4 is 43.5 Å². The molecular weight excluding hydrogens is 611 g/mol. The number of benzene rings is 3. The fraction of sp³-hybridized carbons (Fsp3) is 0.194. The molecule has 2 heterocycles. The highest BCUT2D eigenvalue weighted by molar-refractivity contribution is 9.10. The molecule has 3 aromatic carbocycles. The van der Waals surface area contributed by atoms with E-state index in [1.54, 1.807) is 19.2 Å². The normalized spacial score (nSPS) is 11.8. The second-order valence-electron chi connectivity index (χ2n) is 9.22. The van der Waals surface area contributed by atoms with Crippen molar-refractivity contribution in [1.82, 2.24) is 9.97 Å². The molecular formula is C31H26BrFN2O5S. The first-order valence-electron chi connectivity index (χ1n) is 12.8. The minimum Gasteiger partial charge on any atom is -0.497 e. The number of thiophene rings is 1. The van der Waals surface area contributed by atoms with Crippen LogP contribution in [-0.2, 0) is 30.7 Å². The van der Waals surface area contributed by atoms with Crippen LogP contribution in [0, 0.1) is 5.82 Å². The number of carbonyl (C=O) groups is 1. The Balaban J connectivity index is 1.33. The maximum absolute atomic E-state index is 13.6. The Morgan fingerprint density at radius 1 is 1.02 bits per heavy atom. The predicted molar refractivity (Wildman–Crippen MR) is 158 cm³/mol. The summed E-state index contributed by atoms with van der Waals surface area (Å²) in [5.74, 6) is 0.109. The Morgan fingerprint density at radius 3 is 2.59 bits per heavy atom. The molecule has 0 spiro atoms. The second-order valence-corrected chi connectivity index (χ2v) is 11.1.